The zero-order valence-corrected chi connectivity index (χ0v) is 23.3. The summed E-state index contributed by atoms with van der Waals surface area (Å²) in [6, 6.07) is 30.7. The molecule has 40 heavy (non-hydrogen) atoms. The summed E-state index contributed by atoms with van der Waals surface area (Å²) < 4.78 is 35.4. The van der Waals surface area contributed by atoms with Crippen LogP contribution in [0.3, 0.4) is 0 Å². The lowest BCUT2D eigenvalue weighted by atomic mass is 9.68. The summed E-state index contributed by atoms with van der Waals surface area (Å²) in [7, 11) is -2.72. The Morgan fingerprint density at radius 2 is 1.48 bits per heavy atom. The van der Waals surface area contributed by atoms with Gasteiger partial charge in [-0.2, -0.15) is 0 Å². The van der Waals surface area contributed by atoms with Crippen LogP contribution in [0.4, 0.5) is 11.4 Å². The molecule has 0 bridgehead atoms. The second kappa shape index (κ2) is 9.80. The van der Waals surface area contributed by atoms with Crippen molar-refractivity contribution < 1.29 is 22.8 Å². The third kappa shape index (κ3) is 3.90. The summed E-state index contributed by atoms with van der Waals surface area (Å²) >= 11 is 0. The van der Waals surface area contributed by atoms with Crippen LogP contribution in [0.1, 0.15) is 34.4 Å². The monoisotopic (exact) mass is 554 g/mol. The highest BCUT2D eigenvalue weighted by molar-refractivity contribution is 7.92. The van der Waals surface area contributed by atoms with E-state index < -0.39 is 33.6 Å². The summed E-state index contributed by atoms with van der Waals surface area (Å²) in [6.45, 7) is 3.70. The van der Waals surface area contributed by atoms with Crippen molar-refractivity contribution in [2.45, 2.75) is 30.9 Å². The van der Waals surface area contributed by atoms with Crippen LogP contribution >= 0.6 is 0 Å². The number of methoxy groups -OCH3 is 1. The van der Waals surface area contributed by atoms with Crippen LogP contribution in [0.15, 0.2) is 108 Å². The second-order valence-electron chi connectivity index (χ2n) is 10.3. The Morgan fingerprint density at radius 1 is 0.850 bits per heavy atom. The van der Waals surface area contributed by atoms with Gasteiger partial charge in [0.05, 0.1) is 29.9 Å². The van der Waals surface area contributed by atoms with E-state index in [2.05, 4.69) is 0 Å². The summed E-state index contributed by atoms with van der Waals surface area (Å²) in [4.78, 5) is 21.0. The van der Waals surface area contributed by atoms with E-state index in [1.54, 1.807) is 35.4 Å². The van der Waals surface area contributed by atoms with Crippen LogP contribution in [0.2, 0.25) is 0 Å². The number of benzene rings is 4. The van der Waals surface area contributed by atoms with Crippen molar-refractivity contribution in [2.24, 2.45) is 5.41 Å². The molecule has 1 fully saturated rings. The molecule has 3 atom stereocenters. The highest BCUT2D eigenvalue weighted by Gasteiger charge is 2.67. The minimum atomic E-state index is -4.06. The van der Waals surface area contributed by atoms with E-state index >= 15 is 0 Å². The van der Waals surface area contributed by atoms with Crippen molar-refractivity contribution in [1.82, 2.24) is 0 Å². The number of ether oxygens (including phenoxy) is 1. The molecule has 2 aliphatic rings. The maximum atomic E-state index is 14.3. The molecule has 4 aromatic rings. The number of hydrogen-bond donors (Lipinski definition) is 0. The third-order valence-corrected chi connectivity index (χ3v) is 9.74. The zero-order chi connectivity index (χ0) is 28.1. The number of sulfonamides is 1. The Labute approximate surface area is 234 Å². The summed E-state index contributed by atoms with van der Waals surface area (Å²) in [5.74, 6) is -0.539. The van der Waals surface area contributed by atoms with Gasteiger partial charge in [0.2, 0.25) is 0 Å². The highest BCUT2D eigenvalue weighted by Crippen LogP contribution is 2.62. The lowest BCUT2D eigenvalue weighted by Crippen LogP contribution is -2.55. The second-order valence-corrected chi connectivity index (χ2v) is 12.2. The number of esters is 1. The van der Waals surface area contributed by atoms with E-state index in [9.17, 15) is 13.2 Å². The van der Waals surface area contributed by atoms with Crippen molar-refractivity contribution >= 4 is 27.4 Å². The van der Waals surface area contributed by atoms with Gasteiger partial charge in [-0.3, -0.25) is 13.9 Å². The molecule has 1 saturated heterocycles. The van der Waals surface area contributed by atoms with E-state index in [0.29, 0.717) is 11.3 Å². The van der Waals surface area contributed by atoms with Crippen LogP contribution in [0, 0.1) is 19.3 Å². The molecule has 8 heteroatoms. The first-order chi connectivity index (χ1) is 19.3. The molecule has 6 rings (SSSR count). The molecule has 0 N–H and O–H groups in total. The third-order valence-electron chi connectivity index (χ3n) is 7.97. The number of aryl methyl sites for hydroxylation is 2. The summed E-state index contributed by atoms with van der Waals surface area (Å²) in [6.07, 6.45) is -0.824. The van der Waals surface area contributed by atoms with Gasteiger partial charge in [0.15, 0.2) is 0 Å². The lowest BCUT2D eigenvalue weighted by molar-refractivity contribution is -0.156. The van der Waals surface area contributed by atoms with Crippen molar-refractivity contribution in [3.8, 4) is 0 Å². The van der Waals surface area contributed by atoms with E-state index in [1.165, 1.54) is 11.4 Å². The molecule has 2 heterocycles. The fourth-order valence-electron chi connectivity index (χ4n) is 5.99. The van der Waals surface area contributed by atoms with Gasteiger partial charge >= 0.3 is 5.97 Å². The van der Waals surface area contributed by atoms with E-state index in [-0.39, 0.29) is 11.4 Å². The first kappa shape index (κ1) is 26.1. The number of carbonyl (C=O) groups is 1. The summed E-state index contributed by atoms with van der Waals surface area (Å²) in [5, 5.41) is 1.75. The molecule has 0 spiro atoms. The molecule has 0 aliphatic carbocycles. The van der Waals surface area contributed by atoms with Crippen LogP contribution < -0.4 is 9.37 Å². The Kier molecular flexibility index (Phi) is 6.40. The van der Waals surface area contributed by atoms with Gasteiger partial charge in [-0.05, 0) is 55.3 Å². The molecule has 0 aromatic heterocycles. The number of rotatable bonds is 5. The molecule has 0 saturated carbocycles. The van der Waals surface area contributed by atoms with Gasteiger partial charge in [0, 0.05) is 5.56 Å². The lowest BCUT2D eigenvalue weighted by Gasteiger charge is -2.45. The van der Waals surface area contributed by atoms with E-state index in [1.807, 2.05) is 86.6 Å². The minimum absolute atomic E-state index is 0.151. The standard InChI is InChI=1S/C32H30N2O5S/c1-22-17-19-25(20-18-22)40(36,37)33-21-32(31(35)38-3)29(27-15-9-10-16-28(27)33)34(24-12-5-4-6-13-24)39-30(32)26-14-8-7-11-23(26)2/h4-20,29-30H,21H2,1-3H3/t29-,30+,32-/m1/s1. The zero-order valence-electron chi connectivity index (χ0n) is 22.5. The van der Waals surface area contributed by atoms with Crippen molar-refractivity contribution in [1.29, 1.82) is 0 Å². The molecule has 204 valence electrons. The number of fused-ring (bicyclic) bond motifs is 3. The Hall–Kier alpha value is -4.14. The summed E-state index contributed by atoms with van der Waals surface area (Å²) in [5.41, 5.74) is 3.16. The number of anilines is 2. The molecule has 0 amide bonds. The number of nitrogens with zero attached hydrogens (tertiary/aromatic N) is 2. The van der Waals surface area contributed by atoms with Crippen LogP contribution in [-0.4, -0.2) is 28.0 Å². The molecule has 7 nitrogen and oxygen atoms in total. The fourth-order valence-corrected chi connectivity index (χ4v) is 7.53. The van der Waals surface area contributed by atoms with Crippen molar-refractivity contribution in [3.05, 3.63) is 125 Å². The average Bonchev–Trinajstić information content (AvgIpc) is 3.33. The van der Waals surface area contributed by atoms with Gasteiger partial charge in [-0.25, -0.2) is 13.5 Å². The molecule has 0 radical (unpaired) electrons. The van der Waals surface area contributed by atoms with Crippen LogP contribution in [0.25, 0.3) is 0 Å². The quantitative estimate of drug-likeness (QED) is 0.286. The fraction of sp³-hybridized carbons (Fsp3) is 0.219. The first-order valence-electron chi connectivity index (χ1n) is 13.1. The molecular weight excluding hydrogens is 524 g/mol. The first-order valence-corrected chi connectivity index (χ1v) is 14.6. The van der Waals surface area contributed by atoms with Crippen LogP contribution in [-0.2, 0) is 24.4 Å². The van der Waals surface area contributed by atoms with E-state index in [4.69, 9.17) is 9.57 Å². The minimum Gasteiger partial charge on any atom is -0.468 e. The SMILES string of the molecule is COC(=O)[C@]12CN(S(=O)(=O)c3ccc(C)cc3)c3ccccc3[C@H]1N(c1ccccc1)O[C@H]2c1ccccc1C. The predicted octanol–water partition coefficient (Wildman–Crippen LogP) is 5.91. The topological polar surface area (TPSA) is 76.2 Å². The van der Waals surface area contributed by atoms with Gasteiger partial charge < -0.3 is 4.74 Å². The van der Waals surface area contributed by atoms with Gasteiger partial charge in [-0.1, -0.05) is 78.4 Å². The molecular formula is C32H30N2O5S. The molecule has 4 aromatic carbocycles. The van der Waals surface area contributed by atoms with Gasteiger partial charge in [0.25, 0.3) is 10.0 Å². The maximum Gasteiger partial charge on any atom is 0.319 e. The normalized spacial score (nSPS) is 22.0. The number of carbonyl (C=O) groups excluding carboxylic acids is 1. The maximum absolute atomic E-state index is 14.3. The van der Waals surface area contributed by atoms with Crippen molar-refractivity contribution in [2.75, 3.05) is 23.0 Å². The average molecular weight is 555 g/mol. The van der Waals surface area contributed by atoms with E-state index in [0.717, 1.165) is 22.4 Å². The number of para-hydroxylation sites is 2. The van der Waals surface area contributed by atoms with Gasteiger partial charge in [0.1, 0.15) is 17.6 Å². The Balaban J connectivity index is 1.64. The largest absolute Gasteiger partial charge is 0.468 e. The Bertz CT molecular complexity index is 1670. The molecule has 2 aliphatic heterocycles. The predicted molar refractivity (Wildman–Crippen MR) is 153 cm³/mol. The highest BCUT2D eigenvalue weighted by atomic mass is 32.2. The van der Waals surface area contributed by atoms with Crippen molar-refractivity contribution in [3.63, 3.8) is 0 Å². The Morgan fingerprint density at radius 3 is 2.15 bits per heavy atom. The number of hydroxylamine groups is 1. The van der Waals surface area contributed by atoms with Gasteiger partial charge in [-0.15, -0.1) is 0 Å². The van der Waals surface area contributed by atoms with Crippen LogP contribution in [0.5, 0.6) is 0 Å². The smallest absolute Gasteiger partial charge is 0.319 e. The number of hydrogen-bond acceptors (Lipinski definition) is 6. The molecule has 0 unspecified atom stereocenters.